The molecule has 0 unspecified atom stereocenters. The van der Waals surface area contributed by atoms with Gasteiger partial charge < -0.3 is 71.0 Å². The predicted molar refractivity (Wildman–Crippen MR) is 29.8 cm³/mol. The molecule has 0 atom stereocenters. The summed E-state index contributed by atoms with van der Waals surface area (Å²) in [5, 5.41) is 37.5. The van der Waals surface area contributed by atoms with Gasteiger partial charge in [0.05, 0.1) is 0 Å². The van der Waals surface area contributed by atoms with E-state index >= 15 is 0 Å². The summed E-state index contributed by atoms with van der Waals surface area (Å²) in [5.41, 5.74) is 0. The third-order valence-electron chi connectivity index (χ3n) is 0. The average molecular weight is 339 g/mol. The van der Waals surface area contributed by atoms with Gasteiger partial charge in [-0.3, -0.25) is 0 Å². The summed E-state index contributed by atoms with van der Waals surface area (Å²) in [4.78, 5) is 0. The summed E-state index contributed by atoms with van der Waals surface area (Å²) in [6.07, 6.45) is 0. The second-order valence-electron chi connectivity index (χ2n) is 0. The van der Waals surface area contributed by atoms with Gasteiger partial charge in [-0.1, -0.05) is 0 Å². The topological polar surface area (TPSA) is 143 Å². The van der Waals surface area contributed by atoms with E-state index in [9.17, 15) is 0 Å². The smallest absolute Gasteiger partial charge is 0.512 e. The van der Waals surface area contributed by atoms with Crippen LogP contribution in [0, 0.1) is 71.0 Å². The summed E-state index contributed by atoms with van der Waals surface area (Å²) in [5.74, 6) is 0. The van der Waals surface area contributed by atoms with Crippen LogP contribution in [0.2, 0.25) is 0 Å². The van der Waals surface area contributed by atoms with Crippen molar-refractivity contribution in [1.82, 2.24) is 0 Å². The fourth-order valence-electron chi connectivity index (χ4n) is 0. The summed E-state index contributed by atoms with van der Waals surface area (Å²) >= 11 is 0. The molecule has 2 radical (unpaired) electrons. The van der Waals surface area contributed by atoms with Crippen LogP contribution in [0.15, 0.2) is 0 Å². The summed E-state index contributed by atoms with van der Waals surface area (Å²) in [6, 6.07) is 0. The van der Waals surface area contributed by atoms with Crippen LogP contribution in [0.4, 0.5) is 0 Å². The molecular formula is C6Cu2FeN6. The molecule has 15 heavy (non-hydrogen) atoms. The van der Waals surface area contributed by atoms with Crippen molar-refractivity contribution in [1.29, 1.82) is 31.6 Å². The molecule has 0 aliphatic heterocycles. The van der Waals surface area contributed by atoms with Gasteiger partial charge in [0.2, 0.25) is 0 Å². The van der Waals surface area contributed by atoms with Crippen LogP contribution in [0.25, 0.3) is 0 Å². The van der Waals surface area contributed by atoms with Crippen LogP contribution in [0.1, 0.15) is 0 Å². The number of nitrogens with zero attached hydrogens (tertiary/aromatic N) is 6. The van der Waals surface area contributed by atoms with Crippen LogP contribution in [-0.2, 0) is 51.2 Å². The molecule has 0 saturated carbocycles. The molecule has 0 saturated heterocycles. The van der Waals surface area contributed by atoms with Gasteiger partial charge in [0.1, 0.15) is 0 Å². The normalized spacial score (nSPS) is 0.800. The van der Waals surface area contributed by atoms with Gasteiger partial charge in [-0.2, -0.15) is 0 Å². The minimum atomic E-state index is 0. The summed E-state index contributed by atoms with van der Waals surface area (Å²) in [7, 11) is 0. The fraction of sp³-hybridized carbons (Fsp3) is 0. The predicted octanol–water partition coefficient (Wildman–Crippen LogP) is 0.571. The molecule has 0 aromatic carbocycles. The molecule has 0 aromatic rings. The largest absolute Gasteiger partial charge is 2.00 e. The first-order valence-corrected chi connectivity index (χ1v) is 1.34. The van der Waals surface area contributed by atoms with E-state index in [1.54, 1.807) is 0 Å². The standard InChI is InChI=1S/6CN.2Cu.Fe/c6*1-2;;;/q6*-1;3*+2. The molecular weight excluding hydrogens is 339 g/mol. The Balaban J connectivity index is -0.00000000396. The third-order valence-corrected chi connectivity index (χ3v) is 0. The molecule has 0 aliphatic rings. The molecule has 0 rings (SSSR count). The van der Waals surface area contributed by atoms with Crippen molar-refractivity contribution < 1.29 is 51.2 Å². The number of rotatable bonds is 0. The van der Waals surface area contributed by atoms with Crippen molar-refractivity contribution in [2.75, 3.05) is 0 Å². The van der Waals surface area contributed by atoms with Gasteiger partial charge in [0, 0.05) is 0 Å². The average Bonchev–Trinajstić information content (AvgIpc) is 2.33. The van der Waals surface area contributed by atoms with E-state index < -0.39 is 0 Å². The summed E-state index contributed by atoms with van der Waals surface area (Å²) < 4.78 is 0. The first kappa shape index (κ1) is 104. The molecule has 84 valence electrons. The van der Waals surface area contributed by atoms with E-state index in [0.717, 1.165) is 0 Å². The minimum Gasteiger partial charge on any atom is -0.512 e. The van der Waals surface area contributed by atoms with Crippen LogP contribution < -0.4 is 0 Å². The van der Waals surface area contributed by atoms with Crippen molar-refractivity contribution in [2.45, 2.75) is 0 Å². The molecule has 0 amide bonds. The van der Waals surface area contributed by atoms with E-state index in [0.29, 0.717) is 0 Å². The Morgan fingerprint density at radius 2 is 0.333 bits per heavy atom. The molecule has 0 heterocycles. The maximum atomic E-state index is 6.25. The van der Waals surface area contributed by atoms with Crippen LogP contribution in [0.5, 0.6) is 0 Å². The van der Waals surface area contributed by atoms with Crippen molar-refractivity contribution in [3.05, 3.63) is 39.4 Å². The Kier molecular flexibility index (Phi) is 5090. The van der Waals surface area contributed by atoms with E-state index in [1.165, 1.54) is 0 Å². The van der Waals surface area contributed by atoms with Crippen molar-refractivity contribution in [2.24, 2.45) is 0 Å². The molecule has 0 aliphatic carbocycles. The SMILES string of the molecule is [C-]#N.[C-]#N.[C-]#N.[C-]#N.[C-]#N.[C-]#N.[Cu+2].[Cu+2].[Fe+2]. The van der Waals surface area contributed by atoms with Gasteiger partial charge in [-0.25, -0.2) is 0 Å². The van der Waals surface area contributed by atoms with Crippen LogP contribution in [-0.4, -0.2) is 0 Å². The fourth-order valence-corrected chi connectivity index (χ4v) is 0. The maximum Gasteiger partial charge on any atom is 2.00 e. The Morgan fingerprint density at radius 1 is 0.333 bits per heavy atom. The second-order valence-corrected chi connectivity index (χ2v) is 0. The molecule has 0 aromatic heterocycles. The van der Waals surface area contributed by atoms with Gasteiger partial charge in [-0.15, -0.1) is 0 Å². The first-order valence-electron chi connectivity index (χ1n) is 1.34. The molecule has 0 spiro atoms. The molecule has 0 N–H and O–H groups in total. The Hall–Kier alpha value is -1.50. The molecule has 0 bridgehead atoms. The Bertz CT molecular complexity index is 101. The molecule has 0 fully saturated rings. The van der Waals surface area contributed by atoms with E-state index in [-0.39, 0.29) is 51.2 Å². The Morgan fingerprint density at radius 3 is 0.333 bits per heavy atom. The van der Waals surface area contributed by atoms with Gasteiger partial charge in [-0.05, 0) is 0 Å². The van der Waals surface area contributed by atoms with E-state index in [4.69, 9.17) is 71.0 Å². The van der Waals surface area contributed by atoms with Crippen LogP contribution in [0.3, 0.4) is 0 Å². The number of hydrogen-bond acceptors (Lipinski definition) is 6. The van der Waals surface area contributed by atoms with Crippen molar-refractivity contribution in [3.8, 4) is 0 Å². The number of hydrogen-bond donors (Lipinski definition) is 0. The van der Waals surface area contributed by atoms with Crippen molar-refractivity contribution in [3.63, 3.8) is 0 Å². The van der Waals surface area contributed by atoms with Crippen LogP contribution >= 0.6 is 0 Å². The third kappa shape index (κ3) is 611. The van der Waals surface area contributed by atoms with Gasteiger partial charge in [0.15, 0.2) is 0 Å². The first-order chi connectivity index (χ1) is 6.00. The zero-order valence-electron chi connectivity index (χ0n) is 6.64. The quantitative estimate of drug-likeness (QED) is 0.466. The Labute approximate surface area is 122 Å². The zero-order chi connectivity index (χ0) is 12.0. The second kappa shape index (κ2) is 733. The van der Waals surface area contributed by atoms with E-state index in [1.807, 2.05) is 0 Å². The maximum absolute atomic E-state index is 6.25. The zero-order valence-corrected chi connectivity index (χ0v) is 9.63. The van der Waals surface area contributed by atoms with Crippen molar-refractivity contribution >= 4 is 0 Å². The minimum absolute atomic E-state index is 0. The monoisotopic (exact) mass is 338 g/mol. The van der Waals surface area contributed by atoms with Gasteiger partial charge in [0.25, 0.3) is 0 Å². The molecule has 6 nitrogen and oxygen atoms in total. The van der Waals surface area contributed by atoms with E-state index in [2.05, 4.69) is 0 Å². The molecule has 9 heteroatoms. The summed E-state index contributed by atoms with van der Waals surface area (Å²) in [6.45, 7) is 28.5. The van der Waals surface area contributed by atoms with Gasteiger partial charge >= 0.3 is 51.2 Å².